The smallest absolute Gasteiger partial charge is 0.229 e. The van der Waals surface area contributed by atoms with Crippen LogP contribution in [0.5, 0.6) is 0 Å². The molecular formula is C8H11NO3. The van der Waals surface area contributed by atoms with Crippen molar-refractivity contribution < 1.29 is 14.4 Å². The molecule has 0 spiro atoms. The van der Waals surface area contributed by atoms with Crippen molar-refractivity contribution in [3.63, 3.8) is 0 Å². The van der Waals surface area contributed by atoms with Crippen molar-refractivity contribution in [2.45, 2.75) is 26.2 Å². The number of rotatable bonds is 2. The average Bonchev–Trinajstić information content (AvgIpc) is 1.97. The summed E-state index contributed by atoms with van der Waals surface area (Å²) in [5.41, 5.74) is 0. The van der Waals surface area contributed by atoms with Gasteiger partial charge in [0.1, 0.15) is 5.78 Å². The number of carbonyl (C=O) groups is 3. The van der Waals surface area contributed by atoms with E-state index in [4.69, 9.17) is 0 Å². The number of nitrogens with zero attached hydrogens (tertiary/aromatic N) is 1. The number of carbonyl (C=O) groups excluding carboxylic acids is 3. The first kappa shape index (κ1) is 8.90. The zero-order valence-electron chi connectivity index (χ0n) is 7.00. The van der Waals surface area contributed by atoms with Crippen LogP contribution in [0.15, 0.2) is 0 Å². The zero-order valence-corrected chi connectivity index (χ0v) is 7.00. The van der Waals surface area contributed by atoms with Gasteiger partial charge in [-0.1, -0.05) is 0 Å². The monoisotopic (exact) mass is 169 g/mol. The molecule has 0 atom stereocenters. The van der Waals surface area contributed by atoms with Gasteiger partial charge in [-0.25, -0.2) is 0 Å². The van der Waals surface area contributed by atoms with Crippen LogP contribution < -0.4 is 0 Å². The van der Waals surface area contributed by atoms with Gasteiger partial charge in [-0.15, -0.1) is 0 Å². The molecule has 0 unspecified atom stereocenters. The molecule has 66 valence electrons. The molecule has 1 aliphatic heterocycles. The second-order valence-corrected chi connectivity index (χ2v) is 2.93. The topological polar surface area (TPSA) is 54.5 Å². The van der Waals surface area contributed by atoms with Crippen molar-refractivity contribution in [2.24, 2.45) is 0 Å². The van der Waals surface area contributed by atoms with Gasteiger partial charge >= 0.3 is 0 Å². The average molecular weight is 169 g/mol. The van der Waals surface area contributed by atoms with Crippen LogP contribution in [-0.2, 0) is 14.4 Å². The van der Waals surface area contributed by atoms with Crippen molar-refractivity contribution in [3.05, 3.63) is 0 Å². The molecule has 1 rings (SSSR count). The van der Waals surface area contributed by atoms with Gasteiger partial charge in [0.2, 0.25) is 11.8 Å². The summed E-state index contributed by atoms with van der Waals surface area (Å²) in [6.07, 6.45) is 1.39. The quantitative estimate of drug-likeness (QED) is 0.551. The van der Waals surface area contributed by atoms with E-state index in [1.54, 1.807) is 0 Å². The SMILES string of the molecule is CC(=O)CN1C(=O)CCCC1=O. The predicted molar refractivity (Wildman–Crippen MR) is 41.3 cm³/mol. The maximum absolute atomic E-state index is 11.1. The highest BCUT2D eigenvalue weighted by atomic mass is 16.2. The Labute approximate surface area is 70.5 Å². The van der Waals surface area contributed by atoms with Gasteiger partial charge in [0.15, 0.2) is 0 Å². The minimum absolute atomic E-state index is 0.0579. The lowest BCUT2D eigenvalue weighted by Crippen LogP contribution is -2.42. The first-order valence-corrected chi connectivity index (χ1v) is 3.94. The summed E-state index contributed by atoms with van der Waals surface area (Å²) in [7, 11) is 0. The summed E-state index contributed by atoms with van der Waals surface area (Å²) in [6.45, 7) is 1.31. The Kier molecular flexibility index (Phi) is 2.58. The van der Waals surface area contributed by atoms with E-state index in [1.165, 1.54) is 6.92 Å². The fraction of sp³-hybridized carbons (Fsp3) is 0.625. The van der Waals surface area contributed by atoms with Crippen LogP contribution in [0.4, 0.5) is 0 Å². The van der Waals surface area contributed by atoms with Crippen molar-refractivity contribution in [1.29, 1.82) is 0 Å². The van der Waals surface area contributed by atoms with E-state index in [2.05, 4.69) is 0 Å². The summed E-state index contributed by atoms with van der Waals surface area (Å²) in [5, 5.41) is 0. The Morgan fingerprint density at radius 3 is 2.25 bits per heavy atom. The second kappa shape index (κ2) is 3.47. The molecule has 0 radical (unpaired) electrons. The maximum atomic E-state index is 11.1. The van der Waals surface area contributed by atoms with Crippen LogP contribution in [0.1, 0.15) is 26.2 Å². The lowest BCUT2D eigenvalue weighted by molar-refractivity contribution is -0.150. The maximum Gasteiger partial charge on any atom is 0.229 e. The molecule has 2 amide bonds. The molecule has 4 nitrogen and oxygen atoms in total. The number of ketones is 1. The number of imide groups is 1. The molecular weight excluding hydrogens is 158 g/mol. The Morgan fingerprint density at radius 1 is 1.33 bits per heavy atom. The highest BCUT2D eigenvalue weighted by Crippen LogP contribution is 2.11. The van der Waals surface area contributed by atoms with Gasteiger partial charge in [0.05, 0.1) is 6.54 Å². The van der Waals surface area contributed by atoms with E-state index in [-0.39, 0.29) is 24.1 Å². The van der Waals surface area contributed by atoms with Crippen LogP contribution in [-0.4, -0.2) is 29.0 Å². The summed E-state index contributed by atoms with van der Waals surface area (Å²) in [4.78, 5) is 33.9. The fourth-order valence-corrected chi connectivity index (χ4v) is 1.20. The number of amides is 2. The Morgan fingerprint density at radius 2 is 1.83 bits per heavy atom. The molecule has 1 saturated heterocycles. The molecule has 4 heteroatoms. The van der Waals surface area contributed by atoms with Gasteiger partial charge < -0.3 is 0 Å². The second-order valence-electron chi connectivity index (χ2n) is 2.93. The molecule has 0 saturated carbocycles. The minimum Gasteiger partial charge on any atom is -0.298 e. The van der Waals surface area contributed by atoms with Gasteiger partial charge in [0, 0.05) is 12.8 Å². The predicted octanol–water partition coefficient (Wildman–Crippen LogP) is 0.114. The van der Waals surface area contributed by atoms with Crippen molar-refractivity contribution in [2.75, 3.05) is 6.54 Å². The van der Waals surface area contributed by atoms with Crippen molar-refractivity contribution in [3.8, 4) is 0 Å². The van der Waals surface area contributed by atoms with E-state index in [0.717, 1.165) is 4.90 Å². The molecule has 12 heavy (non-hydrogen) atoms. The molecule has 1 aliphatic rings. The Bertz CT molecular complexity index is 218. The van der Waals surface area contributed by atoms with Crippen LogP contribution >= 0.6 is 0 Å². The van der Waals surface area contributed by atoms with E-state index in [1.807, 2.05) is 0 Å². The van der Waals surface area contributed by atoms with Crippen LogP contribution in [0.2, 0.25) is 0 Å². The number of hydrogen-bond donors (Lipinski definition) is 0. The normalized spacial score (nSPS) is 18.2. The van der Waals surface area contributed by atoms with Crippen LogP contribution in [0.25, 0.3) is 0 Å². The Balaban J connectivity index is 2.63. The molecule has 0 aromatic heterocycles. The standard InChI is InChI=1S/C8H11NO3/c1-6(10)5-9-7(11)3-2-4-8(9)12/h2-5H2,1H3. The zero-order chi connectivity index (χ0) is 9.14. The summed E-state index contributed by atoms with van der Waals surface area (Å²) < 4.78 is 0. The molecule has 1 fully saturated rings. The van der Waals surface area contributed by atoms with Gasteiger partial charge in [-0.2, -0.15) is 0 Å². The Hall–Kier alpha value is -1.19. The third kappa shape index (κ3) is 1.90. The largest absolute Gasteiger partial charge is 0.298 e. The van der Waals surface area contributed by atoms with E-state index in [0.29, 0.717) is 19.3 Å². The molecule has 0 bridgehead atoms. The number of likely N-dealkylation sites (tertiary alicyclic amines) is 1. The number of piperidine rings is 1. The number of hydrogen-bond acceptors (Lipinski definition) is 3. The third-order valence-electron chi connectivity index (χ3n) is 1.76. The van der Waals surface area contributed by atoms with Gasteiger partial charge in [-0.05, 0) is 13.3 Å². The molecule has 0 aliphatic carbocycles. The molecule has 0 aromatic rings. The van der Waals surface area contributed by atoms with Crippen molar-refractivity contribution >= 4 is 17.6 Å². The first-order valence-electron chi connectivity index (χ1n) is 3.94. The van der Waals surface area contributed by atoms with Crippen LogP contribution in [0, 0.1) is 0 Å². The first-order chi connectivity index (χ1) is 5.61. The molecule has 0 N–H and O–H groups in total. The number of Topliss-reactive ketones (excluding diaryl/α,β-unsaturated/α-hetero) is 1. The lowest BCUT2D eigenvalue weighted by Gasteiger charge is -2.23. The highest BCUT2D eigenvalue weighted by Gasteiger charge is 2.26. The third-order valence-corrected chi connectivity index (χ3v) is 1.76. The fourth-order valence-electron chi connectivity index (χ4n) is 1.20. The van der Waals surface area contributed by atoms with Gasteiger partial charge in [0.25, 0.3) is 0 Å². The molecule has 0 aromatic carbocycles. The van der Waals surface area contributed by atoms with Gasteiger partial charge in [-0.3, -0.25) is 19.3 Å². The molecule has 1 heterocycles. The van der Waals surface area contributed by atoms with E-state index < -0.39 is 0 Å². The minimum atomic E-state index is -0.221. The summed E-state index contributed by atoms with van der Waals surface area (Å²) in [6, 6.07) is 0. The highest BCUT2D eigenvalue weighted by molar-refractivity contribution is 6.00. The van der Waals surface area contributed by atoms with Crippen LogP contribution in [0.3, 0.4) is 0 Å². The summed E-state index contributed by atoms with van der Waals surface area (Å²) in [5.74, 6) is -0.596. The van der Waals surface area contributed by atoms with Crippen molar-refractivity contribution in [1.82, 2.24) is 4.90 Å². The van der Waals surface area contributed by atoms with E-state index in [9.17, 15) is 14.4 Å². The lowest BCUT2D eigenvalue weighted by atomic mass is 10.1. The summed E-state index contributed by atoms with van der Waals surface area (Å²) >= 11 is 0. The van der Waals surface area contributed by atoms with E-state index >= 15 is 0 Å².